The van der Waals surface area contributed by atoms with Crippen LogP contribution in [0.4, 0.5) is 0 Å². The van der Waals surface area contributed by atoms with Gasteiger partial charge in [0.15, 0.2) is 0 Å². The van der Waals surface area contributed by atoms with Gasteiger partial charge >= 0.3 is 0 Å². The zero-order valence-electron chi connectivity index (χ0n) is 9.22. The van der Waals surface area contributed by atoms with Crippen LogP contribution < -0.4 is 0 Å². The molecule has 1 aliphatic rings. The summed E-state index contributed by atoms with van der Waals surface area (Å²) in [5.74, 6) is 0.857. The maximum absolute atomic E-state index is 6.27. The summed E-state index contributed by atoms with van der Waals surface area (Å²) in [5.41, 5.74) is 1.42. The lowest BCUT2D eigenvalue weighted by atomic mass is 9.97. The van der Waals surface area contributed by atoms with Crippen molar-refractivity contribution in [1.29, 1.82) is 0 Å². The van der Waals surface area contributed by atoms with Gasteiger partial charge in [-0.1, -0.05) is 18.5 Å². The number of aromatic nitrogens is 2. The van der Waals surface area contributed by atoms with Crippen molar-refractivity contribution in [3.8, 4) is 0 Å². The Morgan fingerprint density at radius 1 is 1.25 bits per heavy atom. The smallest absolute Gasteiger partial charge is 0.141 e. The number of aryl methyl sites for hydroxylation is 3. The zero-order valence-corrected chi connectivity index (χ0v) is 10.8. The van der Waals surface area contributed by atoms with E-state index in [2.05, 4.69) is 16.9 Å². The highest BCUT2D eigenvalue weighted by Crippen LogP contribution is 2.38. The molecule has 0 aliphatic heterocycles. The van der Waals surface area contributed by atoms with E-state index in [4.69, 9.17) is 11.6 Å². The second-order valence-electron chi connectivity index (χ2n) is 4.18. The summed E-state index contributed by atoms with van der Waals surface area (Å²) in [6, 6.07) is 0. The van der Waals surface area contributed by atoms with Crippen molar-refractivity contribution in [3.05, 3.63) is 21.4 Å². The van der Waals surface area contributed by atoms with Gasteiger partial charge in [0.25, 0.3) is 0 Å². The summed E-state index contributed by atoms with van der Waals surface area (Å²) in [5, 5.41) is 1.78. The Bertz CT molecular complexity index is 547. The summed E-state index contributed by atoms with van der Waals surface area (Å²) in [6.45, 7) is 2.06. The van der Waals surface area contributed by atoms with Gasteiger partial charge in [-0.2, -0.15) is 0 Å². The predicted octanol–water partition coefficient (Wildman–Crippen LogP) is 3.79. The number of rotatable bonds is 1. The molecular weight excluding hydrogens is 240 g/mol. The van der Waals surface area contributed by atoms with Gasteiger partial charge in [-0.25, -0.2) is 9.97 Å². The van der Waals surface area contributed by atoms with E-state index in [0.717, 1.165) is 28.9 Å². The van der Waals surface area contributed by atoms with Crippen molar-refractivity contribution in [3.63, 3.8) is 0 Å². The quantitative estimate of drug-likeness (QED) is 0.722. The monoisotopic (exact) mass is 252 g/mol. The van der Waals surface area contributed by atoms with Crippen LogP contribution >= 0.6 is 22.9 Å². The van der Waals surface area contributed by atoms with E-state index in [9.17, 15) is 0 Å². The van der Waals surface area contributed by atoms with Crippen molar-refractivity contribution in [2.75, 3.05) is 0 Å². The zero-order chi connectivity index (χ0) is 11.1. The maximum atomic E-state index is 6.27. The van der Waals surface area contributed by atoms with Crippen molar-refractivity contribution >= 4 is 33.2 Å². The molecule has 2 aromatic rings. The SMILES string of the molecule is CCc1nc(Cl)c2c3c(sc2n1)CCCC3. The van der Waals surface area contributed by atoms with Crippen LogP contribution in [0, 0.1) is 0 Å². The van der Waals surface area contributed by atoms with Gasteiger partial charge in [-0.3, -0.25) is 0 Å². The molecule has 2 aromatic heterocycles. The first kappa shape index (κ1) is 10.5. The molecule has 16 heavy (non-hydrogen) atoms. The van der Waals surface area contributed by atoms with Gasteiger partial charge in [-0.05, 0) is 31.2 Å². The van der Waals surface area contributed by atoms with E-state index in [1.165, 1.54) is 29.7 Å². The standard InChI is InChI=1S/C12H13ClN2S/c1-2-9-14-11(13)10-7-5-3-4-6-8(7)16-12(10)15-9/h2-6H2,1H3. The van der Waals surface area contributed by atoms with Gasteiger partial charge < -0.3 is 0 Å². The van der Waals surface area contributed by atoms with E-state index in [0.29, 0.717) is 5.15 Å². The Morgan fingerprint density at radius 2 is 2.06 bits per heavy atom. The van der Waals surface area contributed by atoms with Gasteiger partial charge in [0.2, 0.25) is 0 Å². The van der Waals surface area contributed by atoms with Crippen LogP contribution in [0.2, 0.25) is 5.15 Å². The summed E-state index contributed by atoms with van der Waals surface area (Å²) in [7, 11) is 0. The van der Waals surface area contributed by atoms with Crippen LogP contribution in [0.3, 0.4) is 0 Å². The minimum absolute atomic E-state index is 0.654. The molecule has 2 heterocycles. The molecule has 0 amide bonds. The van der Waals surface area contributed by atoms with Crippen molar-refractivity contribution < 1.29 is 0 Å². The van der Waals surface area contributed by atoms with Crippen LogP contribution in [-0.2, 0) is 19.3 Å². The molecule has 2 nitrogen and oxygen atoms in total. The first-order chi connectivity index (χ1) is 7.79. The number of fused-ring (bicyclic) bond motifs is 3. The first-order valence-electron chi connectivity index (χ1n) is 5.76. The lowest BCUT2D eigenvalue weighted by Crippen LogP contribution is -1.99. The lowest BCUT2D eigenvalue weighted by Gasteiger charge is -2.10. The third kappa shape index (κ3) is 1.54. The van der Waals surface area contributed by atoms with Crippen molar-refractivity contribution in [2.24, 2.45) is 0 Å². The first-order valence-corrected chi connectivity index (χ1v) is 6.95. The molecule has 0 fully saturated rings. The lowest BCUT2D eigenvalue weighted by molar-refractivity contribution is 0.700. The van der Waals surface area contributed by atoms with E-state index in [1.807, 2.05) is 11.3 Å². The number of thiophene rings is 1. The molecule has 0 N–H and O–H groups in total. The summed E-state index contributed by atoms with van der Waals surface area (Å²) in [6.07, 6.45) is 5.74. The Labute approximate surface area is 104 Å². The molecule has 0 aromatic carbocycles. The molecule has 3 rings (SSSR count). The predicted molar refractivity (Wildman–Crippen MR) is 68.4 cm³/mol. The molecule has 0 bridgehead atoms. The van der Waals surface area contributed by atoms with E-state index >= 15 is 0 Å². The van der Waals surface area contributed by atoms with E-state index < -0.39 is 0 Å². The summed E-state index contributed by atoms with van der Waals surface area (Å²) >= 11 is 8.08. The Balaban J connectivity index is 2.30. The molecular formula is C12H13ClN2S. The fourth-order valence-corrected chi connectivity index (χ4v) is 3.95. The summed E-state index contributed by atoms with van der Waals surface area (Å²) in [4.78, 5) is 11.5. The third-order valence-electron chi connectivity index (χ3n) is 3.13. The highest BCUT2D eigenvalue weighted by atomic mass is 35.5. The van der Waals surface area contributed by atoms with Gasteiger partial charge in [0.05, 0.1) is 5.39 Å². The van der Waals surface area contributed by atoms with Gasteiger partial charge in [-0.15, -0.1) is 11.3 Å². The van der Waals surface area contributed by atoms with Crippen LogP contribution in [-0.4, -0.2) is 9.97 Å². The van der Waals surface area contributed by atoms with Gasteiger partial charge in [0, 0.05) is 11.3 Å². The van der Waals surface area contributed by atoms with Crippen LogP contribution in [0.5, 0.6) is 0 Å². The highest BCUT2D eigenvalue weighted by Gasteiger charge is 2.19. The number of hydrogen-bond acceptors (Lipinski definition) is 3. The van der Waals surface area contributed by atoms with Crippen LogP contribution in [0.15, 0.2) is 0 Å². The van der Waals surface area contributed by atoms with Crippen molar-refractivity contribution in [1.82, 2.24) is 9.97 Å². The molecule has 0 saturated carbocycles. The number of nitrogens with zero attached hydrogens (tertiary/aromatic N) is 2. The highest BCUT2D eigenvalue weighted by molar-refractivity contribution is 7.19. The van der Waals surface area contributed by atoms with Crippen molar-refractivity contribution in [2.45, 2.75) is 39.0 Å². The molecule has 0 atom stereocenters. The molecule has 0 saturated heterocycles. The molecule has 0 spiro atoms. The van der Waals surface area contributed by atoms with E-state index in [-0.39, 0.29) is 0 Å². The fraction of sp³-hybridized carbons (Fsp3) is 0.500. The minimum atomic E-state index is 0.654. The average molecular weight is 253 g/mol. The second kappa shape index (κ2) is 3.97. The van der Waals surface area contributed by atoms with Crippen LogP contribution in [0.25, 0.3) is 10.2 Å². The number of hydrogen-bond donors (Lipinski definition) is 0. The largest absolute Gasteiger partial charge is 0.222 e. The maximum Gasteiger partial charge on any atom is 0.141 e. The molecule has 0 radical (unpaired) electrons. The fourth-order valence-electron chi connectivity index (χ4n) is 2.31. The number of halogens is 1. The van der Waals surface area contributed by atoms with Crippen LogP contribution in [0.1, 0.15) is 36.0 Å². The minimum Gasteiger partial charge on any atom is -0.222 e. The molecule has 1 aliphatic carbocycles. The summed E-state index contributed by atoms with van der Waals surface area (Å²) < 4.78 is 0. The Morgan fingerprint density at radius 3 is 2.88 bits per heavy atom. The Kier molecular flexibility index (Phi) is 2.60. The normalized spacial score (nSPS) is 15.4. The van der Waals surface area contributed by atoms with E-state index in [1.54, 1.807) is 0 Å². The average Bonchev–Trinajstić information content (AvgIpc) is 2.67. The molecule has 0 unspecified atom stereocenters. The van der Waals surface area contributed by atoms with Gasteiger partial charge in [0.1, 0.15) is 15.8 Å². The molecule has 4 heteroatoms. The Hall–Kier alpha value is -0.670. The third-order valence-corrected chi connectivity index (χ3v) is 4.59. The topological polar surface area (TPSA) is 25.8 Å². The molecule has 84 valence electrons. The second-order valence-corrected chi connectivity index (χ2v) is 5.62.